The number of para-hydroxylation sites is 1. The van der Waals surface area contributed by atoms with E-state index >= 15 is 0 Å². The van der Waals surface area contributed by atoms with Gasteiger partial charge in [0, 0.05) is 37.7 Å². The number of aromatic nitrogens is 1. The fourth-order valence-electron chi connectivity index (χ4n) is 3.84. The van der Waals surface area contributed by atoms with E-state index in [1.54, 1.807) is 13.3 Å². The molecule has 3 rings (SSSR count). The molecule has 148 valence electrons. The third kappa shape index (κ3) is 4.88. The summed E-state index contributed by atoms with van der Waals surface area (Å²) < 4.78 is 5.37. The molecule has 1 aromatic heterocycles. The number of hydrogen-bond acceptors (Lipinski definition) is 4. The van der Waals surface area contributed by atoms with Gasteiger partial charge < -0.3 is 15.0 Å². The Kier molecular flexibility index (Phi) is 6.63. The van der Waals surface area contributed by atoms with Crippen molar-refractivity contribution in [3.05, 3.63) is 59.9 Å². The maximum absolute atomic E-state index is 12.9. The van der Waals surface area contributed by atoms with Crippen molar-refractivity contribution < 1.29 is 14.3 Å². The Morgan fingerprint density at radius 3 is 2.75 bits per heavy atom. The molecule has 0 aliphatic carbocycles. The molecular weight excluding hydrogens is 354 g/mol. The second-order valence-electron chi connectivity index (χ2n) is 7.16. The molecule has 0 saturated carbocycles. The van der Waals surface area contributed by atoms with E-state index in [9.17, 15) is 9.59 Å². The number of piperidine rings is 1. The Hall–Kier alpha value is -2.89. The summed E-state index contributed by atoms with van der Waals surface area (Å²) in [6, 6.07) is 13.1. The van der Waals surface area contributed by atoms with Crippen molar-refractivity contribution in [1.29, 1.82) is 0 Å². The molecule has 28 heavy (non-hydrogen) atoms. The smallest absolute Gasteiger partial charge is 0.227 e. The first-order chi connectivity index (χ1) is 13.6. The minimum Gasteiger partial charge on any atom is -0.496 e. The number of rotatable bonds is 6. The first-order valence-electron chi connectivity index (χ1n) is 9.66. The zero-order chi connectivity index (χ0) is 19.9. The van der Waals surface area contributed by atoms with Crippen molar-refractivity contribution in [2.75, 3.05) is 20.2 Å². The zero-order valence-electron chi connectivity index (χ0n) is 16.4. The van der Waals surface area contributed by atoms with Crippen LogP contribution in [0.3, 0.4) is 0 Å². The number of benzene rings is 1. The molecule has 6 nitrogen and oxygen atoms in total. The monoisotopic (exact) mass is 381 g/mol. The number of amides is 2. The van der Waals surface area contributed by atoms with Crippen LogP contribution < -0.4 is 10.1 Å². The summed E-state index contributed by atoms with van der Waals surface area (Å²) >= 11 is 0. The predicted octanol–water partition coefficient (Wildman–Crippen LogP) is 2.75. The highest BCUT2D eigenvalue weighted by Crippen LogP contribution is 2.29. The number of ether oxygens (including phenoxy) is 1. The van der Waals surface area contributed by atoms with Crippen LogP contribution in [0.25, 0.3) is 0 Å². The van der Waals surface area contributed by atoms with E-state index in [0.717, 1.165) is 36.4 Å². The minimum absolute atomic E-state index is 0.0804. The highest BCUT2D eigenvalue weighted by atomic mass is 16.5. The third-order valence-corrected chi connectivity index (χ3v) is 5.18. The van der Waals surface area contributed by atoms with E-state index in [2.05, 4.69) is 10.3 Å². The summed E-state index contributed by atoms with van der Waals surface area (Å²) in [7, 11) is 1.62. The number of likely N-dealkylation sites (tertiary alicyclic amines) is 1. The first-order valence-corrected chi connectivity index (χ1v) is 9.66. The van der Waals surface area contributed by atoms with Crippen LogP contribution in [0.2, 0.25) is 0 Å². The van der Waals surface area contributed by atoms with Gasteiger partial charge in [-0.1, -0.05) is 24.3 Å². The van der Waals surface area contributed by atoms with Crippen LogP contribution in [0.5, 0.6) is 5.75 Å². The molecule has 1 aromatic carbocycles. The van der Waals surface area contributed by atoms with E-state index in [4.69, 9.17) is 4.74 Å². The molecule has 0 spiro atoms. The largest absolute Gasteiger partial charge is 0.496 e. The number of carbonyl (C=O) groups excluding carboxylic acids is 2. The zero-order valence-corrected chi connectivity index (χ0v) is 16.4. The topological polar surface area (TPSA) is 71.5 Å². The average Bonchev–Trinajstić information content (AvgIpc) is 2.73. The molecular formula is C22H27N3O3. The minimum atomic E-state index is -0.194. The molecule has 2 heterocycles. The van der Waals surface area contributed by atoms with Gasteiger partial charge in [0.15, 0.2) is 0 Å². The highest BCUT2D eigenvalue weighted by Gasteiger charge is 2.31. The fourth-order valence-corrected chi connectivity index (χ4v) is 3.84. The molecule has 0 bridgehead atoms. The summed E-state index contributed by atoms with van der Waals surface area (Å²) in [4.78, 5) is 31.0. The Morgan fingerprint density at radius 1 is 1.25 bits per heavy atom. The molecule has 0 unspecified atom stereocenters. The van der Waals surface area contributed by atoms with Crippen LogP contribution >= 0.6 is 0 Å². The lowest BCUT2D eigenvalue weighted by Crippen LogP contribution is -2.45. The lowest BCUT2D eigenvalue weighted by molar-refractivity contribution is -0.132. The van der Waals surface area contributed by atoms with E-state index in [-0.39, 0.29) is 23.8 Å². The highest BCUT2D eigenvalue weighted by molar-refractivity contribution is 5.79. The van der Waals surface area contributed by atoms with E-state index < -0.39 is 0 Å². The van der Waals surface area contributed by atoms with Crippen LogP contribution in [-0.4, -0.2) is 41.9 Å². The molecule has 0 radical (unpaired) electrons. The normalized spacial score (nSPS) is 17.6. The van der Waals surface area contributed by atoms with Gasteiger partial charge >= 0.3 is 0 Å². The fraction of sp³-hybridized carbons (Fsp3) is 0.409. The molecule has 2 atom stereocenters. The summed E-state index contributed by atoms with van der Waals surface area (Å²) in [6.07, 6.45) is 3.90. The van der Waals surface area contributed by atoms with Crippen LogP contribution in [-0.2, 0) is 16.0 Å². The Balaban J connectivity index is 1.73. The molecule has 1 saturated heterocycles. The standard InChI is InChI=1S/C22H27N3O3/c1-16(26)24-22(19-10-5-6-12-23-19)18-9-7-13-25(15-18)21(27)14-17-8-3-4-11-20(17)28-2/h3-6,8,10-12,18,22H,7,9,13-15H2,1-2H3,(H,24,26)/t18-,22-/m1/s1. The molecule has 1 N–H and O–H groups in total. The maximum Gasteiger partial charge on any atom is 0.227 e. The van der Waals surface area contributed by atoms with Crippen LogP contribution in [0.4, 0.5) is 0 Å². The summed E-state index contributed by atoms with van der Waals surface area (Å²) in [5.74, 6) is 0.855. The Bertz CT molecular complexity index is 810. The van der Waals surface area contributed by atoms with Gasteiger partial charge in [0.2, 0.25) is 11.8 Å². The lowest BCUT2D eigenvalue weighted by atomic mass is 9.88. The van der Waals surface area contributed by atoms with Gasteiger partial charge in [-0.25, -0.2) is 0 Å². The maximum atomic E-state index is 12.9. The lowest BCUT2D eigenvalue weighted by Gasteiger charge is -2.37. The van der Waals surface area contributed by atoms with E-state index in [1.807, 2.05) is 47.4 Å². The van der Waals surface area contributed by atoms with Gasteiger partial charge in [0.25, 0.3) is 0 Å². The Morgan fingerprint density at radius 2 is 2.04 bits per heavy atom. The van der Waals surface area contributed by atoms with Crippen molar-refractivity contribution in [1.82, 2.24) is 15.2 Å². The van der Waals surface area contributed by atoms with Crippen LogP contribution in [0, 0.1) is 5.92 Å². The van der Waals surface area contributed by atoms with Gasteiger partial charge in [-0.2, -0.15) is 0 Å². The van der Waals surface area contributed by atoms with E-state index in [0.29, 0.717) is 13.0 Å². The summed E-state index contributed by atoms with van der Waals surface area (Å²) in [5.41, 5.74) is 1.72. The molecule has 1 aliphatic heterocycles. The molecule has 1 aliphatic rings. The number of hydrogen-bond donors (Lipinski definition) is 1. The average molecular weight is 381 g/mol. The van der Waals surface area contributed by atoms with Gasteiger partial charge in [0.1, 0.15) is 5.75 Å². The number of methoxy groups -OCH3 is 1. The number of nitrogens with zero attached hydrogens (tertiary/aromatic N) is 2. The molecule has 1 fully saturated rings. The third-order valence-electron chi connectivity index (χ3n) is 5.18. The van der Waals surface area contributed by atoms with E-state index in [1.165, 1.54) is 6.92 Å². The first kappa shape index (κ1) is 19.9. The van der Waals surface area contributed by atoms with Crippen molar-refractivity contribution in [3.8, 4) is 5.75 Å². The van der Waals surface area contributed by atoms with Crippen molar-refractivity contribution >= 4 is 11.8 Å². The SMILES string of the molecule is COc1ccccc1CC(=O)N1CCC[C@@H]([C@@H](NC(C)=O)c2ccccn2)C1. The molecule has 2 amide bonds. The summed E-state index contributed by atoms with van der Waals surface area (Å²) in [5, 5.41) is 3.03. The van der Waals surface area contributed by atoms with Crippen molar-refractivity contribution in [2.45, 2.75) is 32.2 Å². The second kappa shape index (κ2) is 9.35. The van der Waals surface area contributed by atoms with Gasteiger partial charge in [-0.3, -0.25) is 14.6 Å². The quantitative estimate of drug-likeness (QED) is 0.835. The van der Waals surface area contributed by atoms with Crippen LogP contribution in [0.1, 0.15) is 37.1 Å². The van der Waals surface area contributed by atoms with Gasteiger partial charge in [-0.05, 0) is 31.0 Å². The predicted molar refractivity (Wildman–Crippen MR) is 107 cm³/mol. The Labute approximate surface area is 165 Å². The molecule has 6 heteroatoms. The van der Waals surface area contributed by atoms with Crippen LogP contribution in [0.15, 0.2) is 48.7 Å². The number of nitrogens with one attached hydrogen (secondary N) is 1. The second-order valence-corrected chi connectivity index (χ2v) is 7.16. The summed E-state index contributed by atoms with van der Waals surface area (Å²) in [6.45, 7) is 2.86. The number of pyridine rings is 1. The van der Waals surface area contributed by atoms with Gasteiger partial charge in [0.05, 0.1) is 25.3 Å². The van der Waals surface area contributed by atoms with Crippen molar-refractivity contribution in [2.24, 2.45) is 5.92 Å². The molecule has 2 aromatic rings. The number of carbonyl (C=O) groups is 2. The van der Waals surface area contributed by atoms with Gasteiger partial charge in [-0.15, -0.1) is 0 Å². The van der Waals surface area contributed by atoms with Crippen molar-refractivity contribution in [3.63, 3.8) is 0 Å².